The molecule has 1 amide bonds. The van der Waals surface area contributed by atoms with Crippen LogP contribution in [0.4, 0.5) is 0 Å². The second-order valence-electron chi connectivity index (χ2n) is 3.89. The molecule has 1 aromatic heterocycles. The molecular formula is C10H15Cl2N3O. The standard InChI is InChI=1S/C10H14ClN3O.ClH/c11-7-4-9(13-5-7)10(15)14-3-1-2-8(12)6-14;/h4-5,8,13H,1-3,6,12H2;1H. The Morgan fingerprint density at radius 3 is 2.94 bits per heavy atom. The maximum atomic E-state index is 11.9. The number of rotatable bonds is 1. The summed E-state index contributed by atoms with van der Waals surface area (Å²) in [4.78, 5) is 16.6. The summed E-state index contributed by atoms with van der Waals surface area (Å²) in [6.45, 7) is 1.42. The minimum absolute atomic E-state index is 0. The van der Waals surface area contributed by atoms with Gasteiger partial charge in [-0.05, 0) is 18.9 Å². The Labute approximate surface area is 106 Å². The van der Waals surface area contributed by atoms with E-state index in [2.05, 4.69) is 4.98 Å². The Morgan fingerprint density at radius 2 is 2.38 bits per heavy atom. The second kappa shape index (κ2) is 5.57. The second-order valence-corrected chi connectivity index (χ2v) is 4.32. The van der Waals surface area contributed by atoms with Gasteiger partial charge in [0.2, 0.25) is 0 Å². The van der Waals surface area contributed by atoms with Crippen molar-refractivity contribution in [3.63, 3.8) is 0 Å². The van der Waals surface area contributed by atoms with Crippen LogP contribution in [0.5, 0.6) is 0 Å². The topological polar surface area (TPSA) is 62.1 Å². The van der Waals surface area contributed by atoms with Crippen molar-refractivity contribution in [2.24, 2.45) is 5.73 Å². The van der Waals surface area contributed by atoms with E-state index in [0.29, 0.717) is 17.3 Å². The van der Waals surface area contributed by atoms with E-state index in [-0.39, 0.29) is 24.4 Å². The van der Waals surface area contributed by atoms with Crippen LogP contribution in [-0.4, -0.2) is 34.9 Å². The highest BCUT2D eigenvalue weighted by atomic mass is 35.5. The van der Waals surface area contributed by atoms with Gasteiger partial charge in [0.25, 0.3) is 5.91 Å². The first-order valence-electron chi connectivity index (χ1n) is 5.05. The fourth-order valence-corrected chi connectivity index (χ4v) is 2.02. The number of carbonyl (C=O) groups is 1. The van der Waals surface area contributed by atoms with E-state index in [0.717, 1.165) is 19.4 Å². The van der Waals surface area contributed by atoms with Crippen molar-refractivity contribution < 1.29 is 4.79 Å². The van der Waals surface area contributed by atoms with E-state index in [4.69, 9.17) is 17.3 Å². The van der Waals surface area contributed by atoms with Crippen molar-refractivity contribution >= 4 is 29.9 Å². The van der Waals surface area contributed by atoms with Gasteiger partial charge in [0.05, 0.1) is 5.02 Å². The number of likely N-dealkylation sites (tertiary alicyclic amines) is 1. The zero-order chi connectivity index (χ0) is 10.8. The predicted molar refractivity (Wildman–Crippen MR) is 66.2 cm³/mol. The molecule has 1 aliphatic rings. The largest absolute Gasteiger partial charge is 0.356 e. The Hall–Kier alpha value is -0.710. The molecule has 0 radical (unpaired) electrons. The summed E-state index contributed by atoms with van der Waals surface area (Å²) >= 11 is 5.75. The third-order valence-electron chi connectivity index (χ3n) is 2.62. The van der Waals surface area contributed by atoms with Crippen LogP contribution in [0.15, 0.2) is 12.3 Å². The molecule has 1 aromatic rings. The summed E-state index contributed by atoms with van der Waals surface area (Å²) in [7, 11) is 0. The molecule has 1 unspecified atom stereocenters. The number of piperidine rings is 1. The Kier molecular flexibility index (Phi) is 4.65. The molecule has 0 spiro atoms. The van der Waals surface area contributed by atoms with Crippen LogP contribution in [0.3, 0.4) is 0 Å². The molecule has 90 valence electrons. The lowest BCUT2D eigenvalue weighted by molar-refractivity contribution is 0.0703. The van der Waals surface area contributed by atoms with Gasteiger partial charge < -0.3 is 15.6 Å². The van der Waals surface area contributed by atoms with Crippen LogP contribution in [0.1, 0.15) is 23.3 Å². The summed E-state index contributed by atoms with van der Waals surface area (Å²) in [6, 6.07) is 1.75. The van der Waals surface area contributed by atoms with E-state index in [1.54, 1.807) is 17.2 Å². The molecule has 6 heteroatoms. The van der Waals surface area contributed by atoms with Crippen molar-refractivity contribution in [1.29, 1.82) is 0 Å². The van der Waals surface area contributed by atoms with Gasteiger partial charge in [-0.1, -0.05) is 11.6 Å². The van der Waals surface area contributed by atoms with Crippen molar-refractivity contribution in [2.75, 3.05) is 13.1 Å². The van der Waals surface area contributed by atoms with Gasteiger partial charge in [-0.25, -0.2) is 0 Å². The molecule has 1 atom stereocenters. The summed E-state index contributed by atoms with van der Waals surface area (Å²) in [5.74, 6) is -0.0166. The van der Waals surface area contributed by atoms with Crippen molar-refractivity contribution in [3.8, 4) is 0 Å². The lowest BCUT2D eigenvalue weighted by Crippen LogP contribution is -2.45. The van der Waals surface area contributed by atoms with Crippen LogP contribution in [0, 0.1) is 0 Å². The third kappa shape index (κ3) is 2.90. The molecule has 16 heavy (non-hydrogen) atoms. The number of hydrogen-bond acceptors (Lipinski definition) is 2. The molecular weight excluding hydrogens is 249 g/mol. The first-order valence-corrected chi connectivity index (χ1v) is 5.43. The van der Waals surface area contributed by atoms with Gasteiger partial charge in [0.15, 0.2) is 0 Å². The number of nitrogens with one attached hydrogen (secondary N) is 1. The van der Waals surface area contributed by atoms with E-state index in [1.165, 1.54) is 0 Å². The van der Waals surface area contributed by atoms with Gasteiger partial charge in [-0.2, -0.15) is 0 Å². The zero-order valence-corrected chi connectivity index (χ0v) is 10.4. The Morgan fingerprint density at radius 1 is 1.62 bits per heavy atom. The normalized spacial score (nSPS) is 20.4. The summed E-state index contributed by atoms with van der Waals surface area (Å²) in [5.41, 5.74) is 6.35. The average molecular weight is 264 g/mol. The van der Waals surface area contributed by atoms with E-state index >= 15 is 0 Å². The molecule has 0 bridgehead atoms. The molecule has 3 N–H and O–H groups in total. The number of aromatic nitrogens is 1. The highest BCUT2D eigenvalue weighted by Gasteiger charge is 2.22. The van der Waals surface area contributed by atoms with Gasteiger partial charge in [-0.15, -0.1) is 12.4 Å². The number of nitrogens with zero attached hydrogens (tertiary/aromatic N) is 1. The lowest BCUT2D eigenvalue weighted by Gasteiger charge is -2.30. The zero-order valence-electron chi connectivity index (χ0n) is 8.78. The molecule has 0 aliphatic carbocycles. The van der Waals surface area contributed by atoms with Crippen LogP contribution in [0.2, 0.25) is 5.02 Å². The van der Waals surface area contributed by atoms with E-state index < -0.39 is 0 Å². The Balaban J connectivity index is 0.00000128. The first kappa shape index (κ1) is 13.4. The van der Waals surface area contributed by atoms with Crippen LogP contribution in [0.25, 0.3) is 0 Å². The summed E-state index contributed by atoms with van der Waals surface area (Å²) < 4.78 is 0. The SMILES string of the molecule is Cl.NC1CCCN(C(=O)c2cc(Cl)c[nH]2)C1. The number of halogens is 2. The molecule has 1 aliphatic heterocycles. The molecule has 1 saturated heterocycles. The lowest BCUT2D eigenvalue weighted by atomic mass is 10.1. The molecule has 2 rings (SSSR count). The molecule has 2 heterocycles. The van der Waals surface area contributed by atoms with E-state index in [9.17, 15) is 4.79 Å². The van der Waals surface area contributed by atoms with Gasteiger partial charge in [0, 0.05) is 25.3 Å². The predicted octanol–water partition coefficient (Wildman–Crippen LogP) is 1.65. The number of hydrogen-bond donors (Lipinski definition) is 2. The highest BCUT2D eigenvalue weighted by Crippen LogP contribution is 2.15. The maximum absolute atomic E-state index is 11.9. The quantitative estimate of drug-likeness (QED) is 0.810. The minimum Gasteiger partial charge on any atom is -0.356 e. The van der Waals surface area contributed by atoms with Crippen molar-refractivity contribution in [2.45, 2.75) is 18.9 Å². The monoisotopic (exact) mass is 263 g/mol. The molecule has 1 fully saturated rings. The van der Waals surface area contributed by atoms with Crippen LogP contribution < -0.4 is 5.73 Å². The summed E-state index contributed by atoms with van der Waals surface area (Å²) in [6.07, 6.45) is 3.58. The number of amides is 1. The Bertz CT molecular complexity index is 367. The number of H-pyrrole nitrogens is 1. The van der Waals surface area contributed by atoms with Crippen LogP contribution in [-0.2, 0) is 0 Å². The first-order chi connectivity index (χ1) is 7.16. The van der Waals surface area contributed by atoms with Gasteiger partial charge in [0.1, 0.15) is 5.69 Å². The number of nitrogens with two attached hydrogens (primary N) is 1. The maximum Gasteiger partial charge on any atom is 0.270 e. The van der Waals surface area contributed by atoms with Gasteiger partial charge in [-0.3, -0.25) is 4.79 Å². The fraction of sp³-hybridized carbons (Fsp3) is 0.500. The smallest absolute Gasteiger partial charge is 0.270 e. The fourth-order valence-electron chi connectivity index (χ4n) is 1.86. The highest BCUT2D eigenvalue weighted by molar-refractivity contribution is 6.30. The summed E-state index contributed by atoms with van der Waals surface area (Å²) in [5, 5.41) is 0.555. The molecule has 0 saturated carbocycles. The molecule has 0 aromatic carbocycles. The minimum atomic E-state index is -0.0166. The third-order valence-corrected chi connectivity index (χ3v) is 2.84. The molecule has 4 nitrogen and oxygen atoms in total. The van der Waals surface area contributed by atoms with Crippen molar-refractivity contribution in [3.05, 3.63) is 23.0 Å². The van der Waals surface area contributed by atoms with Crippen LogP contribution >= 0.6 is 24.0 Å². The number of aromatic amines is 1. The number of carbonyl (C=O) groups excluding carboxylic acids is 1. The van der Waals surface area contributed by atoms with Crippen molar-refractivity contribution in [1.82, 2.24) is 9.88 Å². The van der Waals surface area contributed by atoms with Gasteiger partial charge >= 0.3 is 0 Å². The van der Waals surface area contributed by atoms with E-state index in [1.807, 2.05) is 0 Å². The average Bonchev–Trinajstić information content (AvgIpc) is 2.64.